The summed E-state index contributed by atoms with van der Waals surface area (Å²) >= 11 is 0. The third-order valence-electron chi connectivity index (χ3n) is 13.5. The lowest BCUT2D eigenvalue weighted by Gasteiger charge is -2.22. The van der Waals surface area contributed by atoms with Crippen LogP contribution in [0.1, 0.15) is 61.1 Å². The molecule has 0 saturated heterocycles. The van der Waals surface area contributed by atoms with Crippen molar-refractivity contribution < 1.29 is 0 Å². The van der Waals surface area contributed by atoms with Crippen LogP contribution >= 0.6 is 0 Å². The van der Waals surface area contributed by atoms with E-state index < -0.39 is 0 Å². The summed E-state index contributed by atoms with van der Waals surface area (Å²) in [6.45, 7) is 13.9. The summed E-state index contributed by atoms with van der Waals surface area (Å²) in [7, 11) is 0. The quantitative estimate of drug-likeness (QED) is 0.170. The van der Waals surface area contributed by atoms with E-state index in [0.717, 1.165) is 0 Å². The second-order valence-corrected chi connectivity index (χ2v) is 17.5. The van der Waals surface area contributed by atoms with Crippen LogP contribution in [0.25, 0.3) is 83.1 Å². The average Bonchev–Trinajstić information content (AvgIpc) is 3.77. The van der Waals surface area contributed by atoms with Crippen molar-refractivity contribution in [3.8, 4) is 61.3 Å². The van der Waals surface area contributed by atoms with Crippen molar-refractivity contribution in [2.24, 2.45) is 0 Å². The lowest BCUT2D eigenvalue weighted by Crippen LogP contribution is -2.15. The molecule has 9 aromatic rings. The Morgan fingerprint density at radius 3 is 1.33 bits per heavy atom. The second-order valence-electron chi connectivity index (χ2n) is 17.5. The van der Waals surface area contributed by atoms with Gasteiger partial charge < -0.3 is 4.57 Å². The molecule has 0 saturated carbocycles. The predicted octanol–water partition coefficient (Wildman–Crippen LogP) is 15.0. The molecule has 274 valence electrons. The molecule has 8 aromatic carbocycles. The molecule has 0 amide bonds. The fourth-order valence-electron chi connectivity index (χ4n) is 10.4. The molecule has 1 heterocycles. The molecule has 2 aliphatic carbocycles. The first-order valence-electron chi connectivity index (χ1n) is 20.3. The van der Waals surface area contributed by atoms with Crippen LogP contribution in [0.5, 0.6) is 0 Å². The van der Waals surface area contributed by atoms with Gasteiger partial charge in [0.1, 0.15) is 0 Å². The molecule has 0 aliphatic heterocycles. The molecule has 0 unspecified atom stereocenters. The summed E-state index contributed by atoms with van der Waals surface area (Å²) in [5.74, 6) is 0. The maximum absolute atomic E-state index is 2.49. The van der Waals surface area contributed by atoms with E-state index in [0.29, 0.717) is 0 Å². The van der Waals surface area contributed by atoms with Crippen molar-refractivity contribution in [1.29, 1.82) is 0 Å². The number of aryl methyl sites for hydroxylation is 2. The minimum absolute atomic E-state index is 0.0507. The van der Waals surface area contributed by atoms with Crippen molar-refractivity contribution in [1.82, 2.24) is 4.57 Å². The van der Waals surface area contributed by atoms with E-state index in [2.05, 4.69) is 210 Å². The Bertz CT molecular complexity index is 3150. The SMILES string of the molecule is Cc1ccccc1-c1ccc(-c2ccc3c(c2)c2cc(-c4ccc5c(c4)C(C)(C)c4ccccc4-5)ccc2n3-c2ccc3c(c2)C(C)(C)c2ccccc2-3)cc1C. The van der Waals surface area contributed by atoms with Crippen molar-refractivity contribution in [2.45, 2.75) is 52.4 Å². The Hall–Kier alpha value is -6.44. The normalized spacial score (nSPS) is 14.4. The Morgan fingerprint density at radius 1 is 0.333 bits per heavy atom. The van der Waals surface area contributed by atoms with Gasteiger partial charge in [-0.1, -0.05) is 149 Å². The zero-order valence-corrected chi connectivity index (χ0v) is 33.5. The molecule has 0 atom stereocenters. The van der Waals surface area contributed by atoms with E-state index in [4.69, 9.17) is 0 Å². The third kappa shape index (κ3) is 4.88. The first kappa shape index (κ1) is 33.9. The van der Waals surface area contributed by atoms with E-state index >= 15 is 0 Å². The van der Waals surface area contributed by atoms with Crippen LogP contribution in [-0.2, 0) is 10.8 Å². The zero-order valence-electron chi connectivity index (χ0n) is 33.5. The van der Waals surface area contributed by atoms with Gasteiger partial charge in [0, 0.05) is 27.3 Å². The minimum atomic E-state index is -0.0790. The molecule has 0 N–H and O–H groups in total. The number of benzene rings is 8. The summed E-state index contributed by atoms with van der Waals surface area (Å²) in [5.41, 5.74) is 24.7. The Kier molecular flexibility index (Phi) is 7.15. The number of nitrogens with zero attached hydrogens (tertiary/aromatic N) is 1. The molecule has 0 spiro atoms. The number of fused-ring (bicyclic) bond motifs is 9. The van der Waals surface area contributed by atoms with Crippen LogP contribution in [0.15, 0.2) is 164 Å². The summed E-state index contributed by atoms with van der Waals surface area (Å²) < 4.78 is 2.49. The minimum Gasteiger partial charge on any atom is -0.309 e. The third-order valence-corrected chi connectivity index (χ3v) is 13.5. The molecule has 0 fully saturated rings. The smallest absolute Gasteiger partial charge is 0.0541 e. The highest BCUT2D eigenvalue weighted by atomic mass is 15.0. The molecule has 57 heavy (non-hydrogen) atoms. The molecule has 0 radical (unpaired) electrons. The van der Waals surface area contributed by atoms with Crippen LogP contribution in [0, 0.1) is 13.8 Å². The van der Waals surface area contributed by atoms with Crippen LogP contribution in [0.3, 0.4) is 0 Å². The Morgan fingerprint density at radius 2 is 0.754 bits per heavy atom. The topological polar surface area (TPSA) is 4.93 Å². The molecule has 11 rings (SSSR count). The van der Waals surface area contributed by atoms with E-state index in [1.807, 2.05) is 0 Å². The zero-order chi connectivity index (χ0) is 38.8. The van der Waals surface area contributed by atoms with E-state index in [9.17, 15) is 0 Å². The summed E-state index contributed by atoms with van der Waals surface area (Å²) in [6.07, 6.45) is 0. The van der Waals surface area contributed by atoms with Crippen molar-refractivity contribution >= 4 is 21.8 Å². The van der Waals surface area contributed by atoms with Gasteiger partial charge >= 0.3 is 0 Å². The maximum atomic E-state index is 2.49. The van der Waals surface area contributed by atoms with Gasteiger partial charge in [0.2, 0.25) is 0 Å². The van der Waals surface area contributed by atoms with Gasteiger partial charge in [0.15, 0.2) is 0 Å². The molecular weight excluding hydrogens is 687 g/mol. The number of rotatable bonds is 4. The monoisotopic (exact) mass is 731 g/mol. The standard InChI is InChI=1S/C56H45N/c1-34-13-7-8-14-41(34)42-24-19-36(29-35(42)2)37-21-27-53-47(30-37)48-31-38(39-20-25-45-43-15-9-11-17-49(43)55(3,4)51(45)32-39)22-28-54(48)57(53)40-23-26-46-44-16-10-12-18-50(44)56(5,6)52(46)33-40/h7-33H,1-6H3. The van der Waals surface area contributed by atoms with Gasteiger partial charge in [-0.25, -0.2) is 0 Å². The van der Waals surface area contributed by atoms with Crippen molar-refractivity contribution in [3.63, 3.8) is 0 Å². The van der Waals surface area contributed by atoms with Gasteiger partial charge in [0.25, 0.3) is 0 Å². The maximum Gasteiger partial charge on any atom is 0.0541 e. The summed E-state index contributed by atoms with van der Waals surface area (Å²) in [4.78, 5) is 0. The highest BCUT2D eigenvalue weighted by molar-refractivity contribution is 6.12. The van der Waals surface area contributed by atoms with Crippen LogP contribution in [0.2, 0.25) is 0 Å². The second kappa shape index (κ2) is 12.0. The lowest BCUT2D eigenvalue weighted by atomic mass is 9.81. The Balaban J connectivity index is 1.10. The van der Waals surface area contributed by atoms with Crippen LogP contribution in [-0.4, -0.2) is 4.57 Å². The van der Waals surface area contributed by atoms with Crippen LogP contribution < -0.4 is 0 Å². The summed E-state index contributed by atoms with van der Waals surface area (Å²) in [5, 5.41) is 2.53. The lowest BCUT2D eigenvalue weighted by molar-refractivity contribution is 0.660. The largest absolute Gasteiger partial charge is 0.309 e. The van der Waals surface area contributed by atoms with Crippen molar-refractivity contribution in [2.75, 3.05) is 0 Å². The fourth-order valence-corrected chi connectivity index (χ4v) is 10.4. The van der Waals surface area contributed by atoms with Gasteiger partial charge in [0.05, 0.1) is 11.0 Å². The van der Waals surface area contributed by atoms with E-state index in [1.165, 1.54) is 117 Å². The highest BCUT2D eigenvalue weighted by Crippen LogP contribution is 2.51. The van der Waals surface area contributed by atoms with E-state index in [-0.39, 0.29) is 10.8 Å². The highest BCUT2D eigenvalue weighted by Gasteiger charge is 2.36. The molecule has 1 aromatic heterocycles. The van der Waals surface area contributed by atoms with Gasteiger partial charge in [-0.05, 0) is 145 Å². The summed E-state index contributed by atoms with van der Waals surface area (Å²) in [6, 6.07) is 61.9. The molecule has 1 nitrogen and oxygen atoms in total. The fraction of sp³-hybridized carbons (Fsp3) is 0.143. The van der Waals surface area contributed by atoms with Gasteiger partial charge in [-0.2, -0.15) is 0 Å². The first-order chi connectivity index (χ1) is 27.6. The Labute approximate surface area is 335 Å². The molecular formula is C56H45N. The van der Waals surface area contributed by atoms with Gasteiger partial charge in [-0.3, -0.25) is 0 Å². The number of hydrogen-bond acceptors (Lipinski definition) is 0. The number of aromatic nitrogens is 1. The molecule has 0 bridgehead atoms. The van der Waals surface area contributed by atoms with Crippen molar-refractivity contribution in [3.05, 3.63) is 197 Å². The van der Waals surface area contributed by atoms with E-state index in [1.54, 1.807) is 0 Å². The van der Waals surface area contributed by atoms with Gasteiger partial charge in [-0.15, -0.1) is 0 Å². The number of hydrogen-bond donors (Lipinski definition) is 0. The van der Waals surface area contributed by atoms with Crippen LogP contribution in [0.4, 0.5) is 0 Å². The molecule has 1 heteroatoms. The molecule has 2 aliphatic rings. The predicted molar refractivity (Wildman–Crippen MR) is 242 cm³/mol. The first-order valence-corrected chi connectivity index (χ1v) is 20.3. The average molecular weight is 732 g/mol.